The van der Waals surface area contributed by atoms with Crippen LogP contribution in [0.5, 0.6) is 0 Å². The predicted molar refractivity (Wildman–Crippen MR) is 73.9 cm³/mol. The average Bonchev–Trinajstić information content (AvgIpc) is 3.21. The molecule has 0 saturated heterocycles. The summed E-state index contributed by atoms with van der Waals surface area (Å²) in [5.74, 6) is 1.04. The fraction of sp³-hybridized carbons (Fsp3) is 0.750. The van der Waals surface area contributed by atoms with E-state index in [1.165, 1.54) is 0 Å². The molecule has 1 aromatic heterocycles. The molecule has 2 aliphatic rings. The van der Waals surface area contributed by atoms with Gasteiger partial charge in [-0.15, -0.1) is 0 Å². The Balaban J connectivity index is 1.89. The molecule has 0 radical (unpaired) electrons. The molecule has 5 nitrogen and oxygen atoms in total. The van der Waals surface area contributed by atoms with Crippen LogP contribution < -0.4 is 4.87 Å². The van der Waals surface area contributed by atoms with Crippen LogP contribution in [-0.4, -0.2) is 30.8 Å². The number of aromatic nitrogens is 1. The van der Waals surface area contributed by atoms with Gasteiger partial charge in [0.1, 0.15) is 0 Å². The zero-order valence-corrected chi connectivity index (χ0v) is 12.5. The Hall–Kier alpha value is -0.660. The van der Waals surface area contributed by atoms with Crippen LogP contribution >= 0.6 is 11.3 Å². The van der Waals surface area contributed by atoms with Gasteiger partial charge in [0.2, 0.25) is 0 Å². The Kier molecular flexibility index (Phi) is 3.31. The van der Waals surface area contributed by atoms with Crippen LogP contribution in [0, 0.1) is 18.8 Å². The first-order valence-corrected chi connectivity index (χ1v) is 8.92. The number of sulfonamides is 1. The van der Waals surface area contributed by atoms with Crippen molar-refractivity contribution in [3.8, 4) is 0 Å². The Morgan fingerprint density at radius 3 is 2.11 bits per heavy atom. The first-order chi connectivity index (χ1) is 8.96. The van der Waals surface area contributed by atoms with Crippen molar-refractivity contribution < 1.29 is 8.42 Å². The van der Waals surface area contributed by atoms with Crippen molar-refractivity contribution in [2.45, 2.75) is 36.8 Å². The number of rotatable bonds is 6. The molecule has 0 unspecified atom stereocenters. The number of nitrogens with one attached hydrogen (secondary N) is 1. The second kappa shape index (κ2) is 4.71. The lowest BCUT2D eigenvalue weighted by Gasteiger charge is -2.21. The highest BCUT2D eigenvalue weighted by Crippen LogP contribution is 2.36. The van der Waals surface area contributed by atoms with E-state index in [0.717, 1.165) is 37.0 Å². The second-order valence-corrected chi connectivity index (χ2v) is 8.75. The van der Waals surface area contributed by atoms with E-state index < -0.39 is 10.0 Å². The molecule has 2 aliphatic carbocycles. The highest BCUT2D eigenvalue weighted by Gasteiger charge is 2.37. The van der Waals surface area contributed by atoms with Crippen LogP contribution in [0.25, 0.3) is 0 Å². The van der Waals surface area contributed by atoms with E-state index in [4.69, 9.17) is 0 Å². The van der Waals surface area contributed by atoms with Gasteiger partial charge in [-0.2, -0.15) is 4.31 Å². The fourth-order valence-electron chi connectivity index (χ4n) is 2.20. The quantitative estimate of drug-likeness (QED) is 0.867. The van der Waals surface area contributed by atoms with Crippen LogP contribution in [0.4, 0.5) is 0 Å². The molecule has 1 N–H and O–H groups in total. The van der Waals surface area contributed by atoms with Gasteiger partial charge in [-0.25, -0.2) is 8.42 Å². The van der Waals surface area contributed by atoms with Crippen molar-refractivity contribution in [2.24, 2.45) is 11.8 Å². The van der Waals surface area contributed by atoms with E-state index in [2.05, 4.69) is 4.98 Å². The highest BCUT2D eigenvalue weighted by atomic mass is 32.2. The van der Waals surface area contributed by atoms with E-state index in [1.54, 1.807) is 11.2 Å². The lowest BCUT2D eigenvalue weighted by atomic mass is 10.4. The van der Waals surface area contributed by atoms with Gasteiger partial charge in [-0.05, 0) is 44.4 Å². The van der Waals surface area contributed by atoms with E-state index in [0.29, 0.717) is 30.6 Å². The number of nitrogens with zero attached hydrogens (tertiary/aromatic N) is 1. The van der Waals surface area contributed by atoms with E-state index in [9.17, 15) is 13.2 Å². The zero-order valence-electron chi connectivity index (χ0n) is 10.9. The molecule has 1 heterocycles. The largest absolute Gasteiger partial charge is 0.315 e. The third kappa shape index (κ3) is 2.93. The molecular weight excluding hydrogens is 284 g/mol. The molecule has 3 rings (SSSR count). The lowest BCUT2D eigenvalue weighted by molar-refractivity contribution is 0.383. The monoisotopic (exact) mass is 302 g/mol. The van der Waals surface area contributed by atoms with Crippen molar-refractivity contribution in [2.75, 3.05) is 13.1 Å². The van der Waals surface area contributed by atoms with Gasteiger partial charge in [0.05, 0.1) is 0 Å². The number of aromatic amines is 1. The maximum atomic E-state index is 12.7. The first kappa shape index (κ1) is 13.3. The smallest absolute Gasteiger partial charge is 0.305 e. The summed E-state index contributed by atoms with van der Waals surface area (Å²) in [6, 6.07) is 0. The summed E-state index contributed by atoms with van der Waals surface area (Å²) in [6.07, 6.45) is 4.50. The van der Waals surface area contributed by atoms with Crippen molar-refractivity contribution in [1.29, 1.82) is 0 Å². The minimum Gasteiger partial charge on any atom is -0.315 e. The van der Waals surface area contributed by atoms with E-state index in [1.807, 2.05) is 0 Å². The molecule has 7 heteroatoms. The van der Waals surface area contributed by atoms with Gasteiger partial charge in [0, 0.05) is 18.8 Å². The van der Waals surface area contributed by atoms with Crippen molar-refractivity contribution in [3.05, 3.63) is 15.4 Å². The fourth-order valence-corrected chi connectivity index (χ4v) is 5.23. The van der Waals surface area contributed by atoms with Crippen LogP contribution in [-0.2, 0) is 10.0 Å². The summed E-state index contributed by atoms with van der Waals surface area (Å²) in [6.45, 7) is 2.88. The van der Waals surface area contributed by atoms with Gasteiger partial charge >= 0.3 is 4.87 Å². The molecule has 0 bridgehead atoms. The minimum absolute atomic E-state index is 0.193. The standard InChI is InChI=1S/C12H18N2O3S2/c1-8-11(18-12(15)13-8)19(16,17)14(6-9-2-3-9)7-10-4-5-10/h9-10H,2-7H2,1H3,(H,13,15). The molecule has 0 aliphatic heterocycles. The van der Waals surface area contributed by atoms with Gasteiger partial charge in [0.25, 0.3) is 10.0 Å². The van der Waals surface area contributed by atoms with Crippen molar-refractivity contribution in [1.82, 2.24) is 9.29 Å². The predicted octanol–water partition coefficient (Wildman–Crippen LogP) is 1.56. The maximum Gasteiger partial charge on any atom is 0.305 e. The molecular formula is C12H18N2O3S2. The van der Waals surface area contributed by atoms with Crippen molar-refractivity contribution >= 4 is 21.4 Å². The van der Waals surface area contributed by atoms with Crippen LogP contribution in [0.15, 0.2) is 9.00 Å². The number of hydrogen-bond donors (Lipinski definition) is 1. The molecule has 0 aromatic carbocycles. The van der Waals surface area contributed by atoms with Crippen LogP contribution in [0.1, 0.15) is 31.4 Å². The summed E-state index contributed by atoms with van der Waals surface area (Å²) in [5.41, 5.74) is 0.464. The van der Waals surface area contributed by atoms with E-state index in [-0.39, 0.29) is 9.08 Å². The number of H-pyrrole nitrogens is 1. The molecule has 0 spiro atoms. The Labute approximate surface area is 116 Å². The summed E-state index contributed by atoms with van der Waals surface area (Å²) in [4.78, 5) is 13.6. The Bertz CT molecular complexity index is 610. The van der Waals surface area contributed by atoms with Gasteiger partial charge in [-0.3, -0.25) is 4.79 Å². The molecule has 0 atom stereocenters. The maximum absolute atomic E-state index is 12.7. The summed E-state index contributed by atoms with van der Waals surface area (Å²) >= 11 is 0.804. The van der Waals surface area contributed by atoms with Crippen molar-refractivity contribution in [3.63, 3.8) is 0 Å². The topological polar surface area (TPSA) is 70.2 Å². The zero-order chi connectivity index (χ0) is 13.6. The third-order valence-corrected chi connectivity index (χ3v) is 7.09. The Morgan fingerprint density at radius 1 is 1.21 bits per heavy atom. The van der Waals surface area contributed by atoms with Gasteiger partial charge in [0.15, 0.2) is 4.21 Å². The lowest BCUT2D eigenvalue weighted by Crippen LogP contribution is -2.34. The van der Waals surface area contributed by atoms with Gasteiger partial charge in [-0.1, -0.05) is 11.3 Å². The average molecular weight is 302 g/mol. The summed E-state index contributed by atoms with van der Waals surface area (Å²) in [7, 11) is -3.50. The molecule has 2 fully saturated rings. The van der Waals surface area contributed by atoms with Crippen LogP contribution in [0.3, 0.4) is 0 Å². The van der Waals surface area contributed by atoms with E-state index >= 15 is 0 Å². The number of thiazole rings is 1. The third-order valence-electron chi connectivity index (χ3n) is 3.67. The second-order valence-electron chi connectivity index (χ2n) is 5.64. The number of hydrogen-bond acceptors (Lipinski definition) is 4. The summed E-state index contributed by atoms with van der Waals surface area (Å²) < 4.78 is 27.1. The molecule has 106 valence electrons. The SMILES string of the molecule is Cc1[nH]c(=O)sc1S(=O)(=O)N(CC1CC1)CC1CC1. The molecule has 0 amide bonds. The molecule has 19 heavy (non-hydrogen) atoms. The minimum atomic E-state index is -3.50. The normalized spacial score (nSPS) is 20.1. The number of aryl methyl sites for hydroxylation is 1. The highest BCUT2D eigenvalue weighted by molar-refractivity contribution is 7.91. The van der Waals surface area contributed by atoms with Crippen LogP contribution in [0.2, 0.25) is 0 Å². The Morgan fingerprint density at radius 2 is 1.74 bits per heavy atom. The molecule has 1 aromatic rings. The summed E-state index contributed by atoms with van der Waals surface area (Å²) in [5, 5.41) is 0. The van der Waals surface area contributed by atoms with Gasteiger partial charge < -0.3 is 4.98 Å². The first-order valence-electron chi connectivity index (χ1n) is 6.66. The molecule has 2 saturated carbocycles.